The van der Waals surface area contributed by atoms with Crippen LogP contribution < -0.4 is 20.1 Å². The number of furan rings is 1. The van der Waals surface area contributed by atoms with Gasteiger partial charge in [-0.15, -0.1) is 0 Å². The number of anilines is 2. The molecular weight excluding hydrogens is 360 g/mol. The van der Waals surface area contributed by atoms with Gasteiger partial charge in [-0.2, -0.15) is 0 Å². The summed E-state index contributed by atoms with van der Waals surface area (Å²) in [5.74, 6) is 1.35. The van der Waals surface area contributed by atoms with Crippen LogP contribution in [0.1, 0.15) is 23.2 Å². The van der Waals surface area contributed by atoms with Gasteiger partial charge < -0.3 is 24.5 Å². The van der Waals surface area contributed by atoms with E-state index in [1.165, 1.54) is 0 Å². The van der Waals surface area contributed by atoms with Crippen LogP contribution in [0, 0.1) is 0 Å². The van der Waals surface area contributed by atoms with E-state index < -0.39 is 12.0 Å². The largest absolute Gasteiger partial charge is 0.486 e. The summed E-state index contributed by atoms with van der Waals surface area (Å²) in [6.45, 7) is 1.89. The molecule has 7 nitrogen and oxygen atoms in total. The van der Waals surface area contributed by atoms with Gasteiger partial charge in [0.25, 0.3) is 11.8 Å². The van der Waals surface area contributed by atoms with Crippen LogP contribution in [0.15, 0.2) is 65.1 Å². The fraction of sp³-hybridized carbons (Fsp3) is 0.143. The molecule has 0 spiro atoms. The van der Waals surface area contributed by atoms with E-state index in [-0.39, 0.29) is 18.3 Å². The van der Waals surface area contributed by atoms with E-state index in [2.05, 4.69) is 10.6 Å². The van der Waals surface area contributed by atoms with E-state index in [4.69, 9.17) is 13.9 Å². The number of carbonyl (C=O) groups excluding carboxylic acids is 2. The van der Waals surface area contributed by atoms with Crippen molar-refractivity contribution in [1.29, 1.82) is 0 Å². The van der Waals surface area contributed by atoms with Crippen molar-refractivity contribution in [2.24, 2.45) is 0 Å². The second-order valence-corrected chi connectivity index (χ2v) is 6.28. The molecule has 7 heteroatoms. The molecule has 1 aromatic heterocycles. The summed E-state index contributed by atoms with van der Waals surface area (Å²) < 4.78 is 16.7. The number of nitrogens with one attached hydrogen (secondary N) is 2. The maximum atomic E-state index is 12.4. The van der Waals surface area contributed by atoms with Gasteiger partial charge in [-0.1, -0.05) is 18.2 Å². The lowest BCUT2D eigenvalue weighted by molar-refractivity contribution is -0.122. The van der Waals surface area contributed by atoms with E-state index in [1.807, 2.05) is 30.3 Å². The summed E-state index contributed by atoms with van der Waals surface area (Å²) in [5, 5.41) is 5.49. The molecule has 142 valence electrons. The lowest BCUT2D eigenvalue weighted by atomic mass is 10.2. The number of hydrogen-bond donors (Lipinski definition) is 2. The first-order valence-corrected chi connectivity index (χ1v) is 8.78. The Kier molecular flexibility index (Phi) is 4.72. The summed E-state index contributed by atoms with van der Waals surface area (Å²) >= 11 is 0. The molecule has 0 radical (unpaired) electrons. The van der Waals surface area contributed by atoms with E-state index in [0.717, 1.165) is 5.75 Å². The molecule has 0 unspecified atom stereocenters. The monoisotopic (exact) mass is 378 g/mol. The summed E-state index contributed by atoms with van der Waals surface area (Å²) in [7, 11) is 0. The van der Waals surface area contributed by atoms with Gasteiger partial charge in [0, 0.05) is 5.69 Å². The van der Waals surface area contributed by atoms with Crippen molar-refractivity contribution in [3.05, 3.63) is 72.2 Å². The smallest absolute Gasteiger partial charge is 0.291 e. The Morgan fingerprint density at radius 2 is 1.96 bits per heavy atom. The highest BCUT2D eigenvalue weighted by molar-refractivity contribution is 6.03. The predicted octanol–water partition coefficient (Wildman–Crippen LogP) is 3.83. The first-order valence-electron chi connectivity index (χ1n) is 8.78. The lowest BCUT2D eigenvalue weighted by Crippen LogP contribution is -2.34. The van der Waals surface area contributed by atoms with Crippen LogP contribution in [0.4, 0.5) is 11.4 Å². The molecule has 0 fully saturated rings. The van der Waals surface area contributed by atoms with Crippen molar-refractivity contribution < 1.29 is 23.5 Å². The summed E-state index contributed by atoms with van der Waals surface area (Å²) in [5.41, 5.74) is 1.03. The van der Waals surface area contributed by atoms with Crippen LogP contribution in [-0.2, 0) is 11.4 Å². The van der Waals surface area contributed by atoms with E-state index in [0.29, 0.717) is 22.9 Å². The number of ether oxygens (including phenoxy) is 2. The first kappa shape index (κ1) is 17.7. The Labute approximate surface area is 161 Å². The molecule has 0 bridgehead atoms. The number of carbonyl (C=O) groups is 2. The fourth-order valence-electron chi connectivity index (χ4n) is 2.73. The molecule has 3 aromatic rings. The third-order valence-electron chi connectivity index (χ3n) is 4.18. The normalized spacial score (nSPS) is 15.2. The number of para-hydroxylation sites is 1. The van der Waals surface area contributed by atoms with Crippen LogP contribution >= 0.6 is 0 Å². The number of benzene rings is 2. The number of hydrogen-bond acceptors (Lipinski definition) is 5. The molecule has 0 saturated heterocycles. The van der Waals surface area contributed by atoms with Gasteiger partial charge in [-0.25, -0.2) is 0 Å². The Hall–Kier alpha value is -3.74. The number of fused-ring (bicyclic) bond motifs is 1. The van der Waals surface area contributed by atoms with Gasteiger partial charge in [-0.3, -0.25) is 9.59 Å². The van der Waals surface area contributed by atoms with Crippen LogP contribution in [0.5, 0.6) is 11.5 Å². The molecule has 2 aromatic carbocycles. The highest BCUT2D eigenvalue weighted by Gasteiger charge is 2.24. The Morgan fingerprint density at radius 3 is 2.79 bits per heavy atom. The van der Waals surface area contributed by atoms with Crippen LogP contribution in [0.25, 0.3) is 0 Å². The van der Waals surface area contributed by atoms with Crippen molar-refractivity contribution >= 4 is 23.2 Å². The van der Waals surface area contributed by atoms with Crippen molar-refractivity contribution in [1.82, 2.24) is 0 Å². The minimum Gasteiger partial charge on any atom is -0.486 e. The van der Waals surface area contributed by atoms with Gasteiger partial charge in [-0.05, 0) is 49.4 Å². The Morgan fingerprint density at radius 1 is 1.14 bits per heavy atom. The third-order valence-corrected chi connectivity index (χ3v) is 4.18. The minimum atomic E-state index is -0.549. The topological polar surface area (TPSA) is 89.8 Å². The molecule has 0 aliphatic carbocycles. The zero-order valence-electron chi connectivity index (χ0n) is 15.1. The predicted molar refractivity (Wildman–Crippen MR) is 103 cm³/mol. The summed E-state index contributed by atoms with van der Waals surface area (Å²) in [4.78, 5) is 24.2. The number of rotatable bonds is 5. The van der Waals surface area contributed by atoms with Crippen molar-refractivity contribution in [3.8, 4) is 11.5 Å². The summed E-state index contributed by atoms with van der Waals surface area (Å²) in [6, 6.07) is 17.7. The van der Waals surface area contributed by atoms with Crippen molar-refractivity contribution in [2.75, 3.05) is 10.6 Å². The molecule has 1 atom stereocenters. The van der Waals surface area contributed by atoms with E-state index in [1.54, 1.807) is 37.3 Å². The second-order valence-electron chi connectivity index (χ2n) is 6.28. The SMILES string of the molecule is C[C@H]1Oc2ccc(NC(=O)c3ccc(COc4ccccc4)o3)cc2NC1=O. The summed E-state index contributed by atoms with van der Waals surface area (Å²) in [6.07, 6.45) is -0.549. The van der Waals surface area contributed by atoms with Gasteiger partial charge in [0.15, 0.2) is 11.9 Å². The standard InChI is InChI=1S/C21H18N2O5/c1-13-20(24)23-17-11-14(7-9-18(17)27-13)22-21(25)19-10-8-16(28-19)12-26-15-5-3-2-4-6-15/h2-11,13H,12H2,1H3,(H,22,25)(H,23,24)/t13-/m1/s1. The van der Waals surface area contributed by atoms with E-state index in [9.17, 15) is 9.59 Å². The molecular formula is C21H18N2O5. The average molecular weight is 378 g/mol. The minimum absolute atomic E-state index is 0.165. The molecule has 4 rings (SSSR count). The Bertz CT molecular complexity index is 1010. The molecule has 0 saturated carbocycles. The van der Waals surface area contributed by atoms with Crippen molar-refractivity contribution in [2.45, 2.75) is 19.6 Å². The lowest BCUT2D eigenvalue weighted by Gasteiger charge is -2.23. The molecule has 1 aliphatic heterocycles. The van der Waals surface area contributed by atoms with Gasteiger partial charge >= 0.3 is 0 Å². The zero-order valence-corrected chi connectivity index (χ0v) is 15.1. The Balaban J connectivity index is 1.40. The molecule has 2 N–H and O–H groups in total. The maximum absolute atomic E-state index is 12.4. The quantitative estimate of drug-likeness (QED) is 0.704. The molecule has 28 heavy (non-hydrogen) atoms. The first-order chi connectivity index (χ1) is 13.6. The maximum Gasteiger partial charge on any atom is 0.291 e. The third kappa shape index (κ3) is 3.83. The zero-order chi connectivity index (χ0) is 19.5. The van der Waals surface area contributed by atoms with Gasteiger partial charge in [0.05, 0.1) is 5.69 Å². The van der Waals surface area contributed by atoms with Crippen LogP contribution in [0.2, 0.25) is 0 Å². The number of amides is 2. The van der Waals surface area contributed by atoms with Crippen molar-refractivity contribution in [3.63, 3.8) is 0 Å². The highest BCUT2D eigenvalue weighted by atomic mass is 16.5. The van der Waals surface area contributed by atoms with E-state index >= 15 is 0 Å². The highest BCUT2D eigenvalue weighted by Crippen LogP contribution is 2.32. The van der Waals surface area contributed by atoms with Crippen LogP contribution in [-0.4, -0.2) is 17.9 Å². The molecule has 2 amide bonds. The average Bonchev–Trinajstić information content (AvgIpc) is 3.18. The molecule has 2 heterocycles. The fourth-order valence-corrected chi connectivity index (χ4v) is 2.73. The van der Waals surface area contributed by atoms with Crippen LogP contribution in [0.3, 0.4) is 0 Å². The van der Waals surface area contributed by atoms with Gasteiger partial charge in [0.2, 0.25) is 0 Å². The van der Waals surface area contributed by atoms with Gasteiger partial charge in [0.1, 0.15) is 23.9 Å². The second kappa shape index (κ2) is 7.48. The molecule has 1 aliphatic rings.